The molecular weight excluding hydrogens is 660 g/mol. The third-order valence-electron chi connectivity index (χ3n) is 9.43. The SMILES string of the molecule is Fc1cc(-c2c3ccccc3c(N(c3ccc(OC(F)(F)F)cc3)c3cc4ccc5cccc6ccc(c3)c4c56)c3ccccc23)cc(F)c1F. The normalized spacial score (nSPS) is 12.1. The zero-order chi connectivity index (χ0) is 35.0. The highest BCUT2D eigenvalue weighted by Gasteiger charge is 2.31. The molecule has 0 N–H and O–H groups in total. The Kier molecular flexibility index (Phi) is 6.86. The largest absolute Gasteiger partial charge is 0.573 e. The number of anilines is 3. The van der Waals surface area contributed by atoms with E-state index in [2.05, 4.69) is 53.3 Å². The van der Waals surface area contributed by atoms with Crippen LogP contribution >= 0.6 is 0 Å². The van der Waals surface area contributed by atoms with Gasteiger partial charge in [-0.15, -0.1) is 13.2 Å². The van der Waals surface area contributed by atoms with Crippen molar-refractivity contribution in [3.63, 3.8) is 0 Å². The van der Waals surface area contributed by atoms with Gasteiger partial charge in [0.15, 0.2) is 17.5 Å². The molecule has 0 heterocycles. The monoisotopic (exact) mass is 683 g/mol. The summed E-state index contributed by atoms with van der Waals surface area (Å²) in [6.45, 7) is 0. The molecule has 0 amide bonds. The average molecular weight is 684 g/mol. The van der Waals surface area contributed by atoms with E-state index in [4.69, 9.17) is 0 Å². The highest BCUT2D eigenvalue weighted by molar-refractivity contribution is 6.25. The molecule has 0 atom stereocenters. The van der Waals surface area contributed by atoms with E-state index in [-0.39, 0.29) is 11.3 Å². The van der Waals surface area contributed by atoms with Gasteiger partial charge in [0.2, 0.25) is 0 Å². The summed E-state index contributed by atoms with van der Waals surface area (Å²) in [4.78, 5) is 1.98. The van der Waals surface area contributed by atoms with Crippen molar-refractivity contribution in [3.8, 4) is 16.9 Å². The Labute approximate surface area is 286 Å². The molecule has 9 rings (SSSR count). The van der Waals surface area contributed by atoms with Crippen LogP contribution < -0.4 is 9.64 Å². The van der Waals surface area contributed by atoms with Crippen LogP contribution in [0, 0.1) is 17.5 Å². The Hall–Kier alpha value is -6.28. The molecular formula is C43H23F6NO. The number of alkyl halides is 3. The maximum Gasteiger partial charge on any atom is 0.573 e. The number of ether oxygens (including phenoxy) is 1. The standard InChI is InChI=1S/C43H23F6NO/c44-36-22-28(23-37(45)41(36)46)40-32-8-1-3-10-34(32)42(35-11-4-2-9-33(35)40)50(29-16-18-31(19-17-29)51-43(47,48)49)30-20-26-14-12-24-6-5-7-25-13-15-27(21-30)39(26)38(24)25/h1-23H. The maximum atomic E-state index is 14.7. The fourth-order valence-electron chi connectivity index (χ4n) is 7.43. The quantitative estimate of drug-likeness (QED) is 0.0775. The molecule has 0 unspecified atom stereocenters. The third-order valence-corrected chi connectivity index (χ3v) is 9.43. The Bertz CT molecular complexity index is 2670. The summed E-state index contributed by atoms with van der Waals surface area (Å²) >= 11 is 0. The molecule has 0 radical (unpaired) electrons. The Balaban J connectivity index is 1.37. The second kappa shape index (κ2) is 11.4. The minimum absolute atomic E-state index is 0.161. The first-order valence-corrected chi connectivity index (χ1v) is 16.1. The highest BCUT2D eigenvalue weighted by Crippen LogP contribution is 2.49. The number of hydrogen-bond donors (Lipinski definition) is 0. The number of hydrogen-bond acceptors (Lipinski definition) is 2. The van der Waals surface area contributed by atoms with Crippen LogP contribution in [0.1, 0.15) is 0 Å². The molecule has 0 aliphatic heterocycles. The topological polar surface area (TPSA) is 12.5 Å². The first kappa shape index (κ1) is 30.8. The van der Waals surface area contributed by atoms with Crippen molar-refractivity contribution in [2.24, 2.45) is 0 Å². The van der Waals surface area contributed by atoms with Crippen molar-refractivity contribution in [2.75, 3.05) is 4.90 Å². The van der Waals surface area contributed by atoms with Crippen molar-refractivity contribution in [3.05, 3.63) is 157 Å². The third kappa shape index (κ3) is 5.05. The second-order valence-electron chi connectivity index (χ2n) is 12.4. The van der Waals surface area contributed by atoms with E-state index in [0.29, 0.717) is 38.5 Å². The summed E-state index contributed by atoms with van der Waals surface area (Å²) in [5, 5.41) is 9.04. The molecule has 9 aromatic carbocycles. The minimum Gasteiger partial charge on any atom is -0.406 e. The van der Waals surface area contributed by atoms with Crippen molar-refractivity contribution < 1.29 is 31.1 Å². The van der Waals surface area contributed by atoms with Crippen LogP contribution in [0.25, 0.3) is 65.0 Å². The Morgan fingerprint density at radius 2 is 0.961 bits per heavy atom. The summed E-state index contributed by atoms with van der Waals surface area (Å²) < 4.78 is 87.3. The maximum absolute atomic E-state index is 14.7. The molecule has 248 valence electrons. The van der Waals surface area contributed by atoms with Crippen LogP contribution in [0.5, 0.6) is 5.75 Å². The summed E-state index contributed by atoms with van der Waals surface area (Å²) in [7, 11) is 0. The molecule has 0 aliphatic carbocycles. The Morgan fingerprint density at radius 1 is 0.471 bits per heavy atom. The van der Waals surface area contributed by atoms with Crippen molar-refractivity contribution in [1.29, 1.82) is 0 Å². The van der Waals surface area contributed by atoms with Crippen molar-refractivity contribution in [1.82, 2.24) is 0 Å². The van der Waals surface area contributed by atoms with Crippen LogP contribution in [0.3, 0.4) is 0 Å². The second-order valence-corrected chi connectivity index (χ2v) is 12.4. The molecule has 0 aliphatic rings. The zero-order valence-corrected chi connectivity index (χ0v) is 26.4. The number of rotatable bonds is 5. The number of nitrogens with zero attached hydrogens (tertiary/aromatic N) is 1. The van der Waals surface area contributed by atoms with Crippen LogP contribution in [0.4, 0.5) is 43.4 Å². The molecule has 0 aromatic heterocycles. The van der Waals surface area contributed by atoms with Gasteiger partial charge in [0, 0.05) is 22.1 Å². The lowest BCUT2D eigenvalue weighted by Gasteiger charge is -2.30. The van der Waals surface area contributed by atoms with Crippen molar-refractivity contribution >= 4 is 70.9 Å². The lowest BCUT2D eigenvalue weighted by atomic mass is 9.89. The number of fused-ring (bicyclic) bond motifs is 2. The van der Waals surface area contributed by atoms with Gasteiger partial charge in [0.1, 0.15) is 5.75 Å². The van der Waals surface area contributed by atoms with E-state index < -0.39 is 23.8 Å². The smallest absolute Gasteiger partial charge is 0.406 e. The van der Waals surface area contributed by atoms with Gasteiger partial charge in [-0.05, 0) is 103 Å². The van der Waals surface area contributed by atoms with E-state index in [1.807, 2.05) is 59.5 Å². The minimum atomic E-state index is -4.86. The molecule has 51 heavy (non-hydrogen) atoms. The van der Waals surface area contributed by atoms with Gasteiger partial charge in [-0.2, -0.15) is 0 Å². The van der Waals surface area contributed by atoms with Gasteiger partial charge in [0.05, 0.1) is 5.69 Å². The number of halogens is 6. The summed E-state index contributed by atoms with van der Waals surface area (Å²) in [6, 6.07) is 40.9. The molecule has 0 fully saturated rings. The fourth-order valence-corrected chi connectivity index (χ4v) is 7.43. The van der Waals surface area contributed by atoms with Gasteiger partial charge >= 0.3 is 6.36 Å². The van der Waals surface area contributed by atoms with Crippen LogP contribution in [-0.4, -0.2) is 6.36 Å². The molecule has 0 spiro atoms. The first-order chi connectivity index (χ1) is 24.6. The van der Waals surface area contributed by atoms with Crippen molar-refractivity contribution in [2.45, 2.75) is 6.36 Å². The zero-order valence-electron chi connectivity index (χ0n) is 26.4. The van der Waals surface area contributed by atoms with E-state index >= 15 is 0 Å². The number of benzene rings is 9. The molecule has 0 saturated carbocycles. The van der Waals surface area contributed by atoms with Gasteiger partial charge in [0.25, 0.3) is 0 Å². The molecule has 8 heteroatoms. The average Bonchev–Trinajstić information content (AvgIpc) is 3.12. The predicted octanol–water partition coefficient (Wildman–Crippen LogP) is 13.3. The summed E-state index contributed by atoms with van der Waals surface area (Å²) in [5.41, 5.74) is 2.62. The van der Waals surface area contributed by atoms with E-state index in [9.17, 15) is 26.3 Å². The van der Waals surface area contributed by atoms with Crippen LogP contribution in [0.15, 0.2) is 140 Å². The van der Waals surface area contributed by atoms with E-state index in [1.165, 1.54) is 12.1 Å². The fraction of sp³-hybridized carbons (Fsp3) is 0.0233. The van der Waals surface area contributed by atoms with E-state index in [1.54, 1.807) is 12.1 Å². The van der Waals surface area contributed by atoms with Gasteiger partial charge < -0.3 is 9.64 Å². The lowest BCUT2D eigenvalue weighted by Crippen LogP contribution is -2.17. The van der Waals surface area contributed by atoms with Gasteiger partial charge in [-0.1, -0.05) is 91.0 Å². The first-order valence-electron chi connectivity index (χ1n) is 16.1. The molecule has 9 aromatic rings. The molecule has 0 bridgehead atoms. The van der Waals surface area contributed by atoms with Crippen LogP contribution in [-0.2, 0) is 0 Å². The molecule has 2 nitrogen and oxygen atoms in total. The van der Waals surface area contributed by atoms with Gasteiger partial charge in [-0.25, -0.2) is 13.2 Å². The molecule has 0 saturated heterocycles. The summed E-state index contributed by atoms with van der Waals surface area (Å²) in [5.74, 6) is -4.53. The van der Waals surface area contributed by atoms with Gasteiger partial charge in [-0.3, -0.25) is 0 Å². The van der Waals surface area contributed by atoms with Crippen LogP contribution in [0.2, 0.25) is 0 Å². The predicted molar refractivity (Wildman–Crippen MR) is 192 cm³/mol. The van der Waals surface area contributed by atoms with E-state index in [0.717, 1.165) is 50.1 Å². The highest BCUT2D eigenvalue weighted by atomic mass is 19.4. The summed E-state index contributed by atoms with van der Waals surface area (Å²) in [6.07, 6.45) is -4.86. The lowest BCUT2D eigenvalue weighted by molar-refractivity contribution is -0.274. The Morgan fingerprint density at radius 3 is 1.49 bits per heavy atom.